The average molecular weight is 266 g/mol. The molecule has 0 saturated carbocycles. The van der Waals surface area contributed by atoms with Crippen LogP contribution >= 0.6 is 0 Å². The molecular weight excluding hydrogens is 250 g/mol. The van der Waals surface area contributed by atoms with Crippen molar-refractivity contribution in [3.8, 4) is 0 Å². The van der Waals surface area contributed by atoms with Crippen LogP contribution in [0, 0.1) is 17.9 Å². The third-order valence-corrected chi connectivity index (χ3v) is 3.55. The Balaban J connectivity index is 1.99. The predicted molar refractivity (Wildman–Crippen MR) is 78.1 cm³/mol. The number of hydrogen-bond donors (Lipinski definition) is 0. The van der Waals surface area contributed by atoms with Crippen LogP contribution in [0.1, 0.15) is 12.5 Å². The Morgan fingerprint density at radius 2 is 2.05 bits per heavy atom. The summed E-state index contributed by atoms with van der Waals surface area (Å²) in [5.74, 6) is -0.544. The molecule has 3 nitrogen and oxygen atoms in total. The molecule has 0 N–H and O–H groups in total. The lowest BCUT2D eigenvalue weighted by atomic mass is 9.82. The number of allylic oxidation sites excluding steroid dienone is 2. The molecular formula is C17H16NO2. The highest BCUT2D eigenvalue weighted by molar-refractivity contribution is 6.14. The van der Waals surface area contributed by atoms with Crippen molar-refractivity contribution >= 4 is 11.7 Å². The SMILES string of the molecule is CCOC(=O)C1C(c2ccccc2)=N[C]2C=CC=C[C@@H]21. The van der Waals surface area contributed by atoms with Gasteiger partial charge in [-0.3, -0.25) is 9.79 Å². The largest absolute Gasteiger partial charge is 0.465 e. The topological polar surface area (TPSA) is 38.7 Å². The normalized spacial score (nSPS) is 24.4. The molecule has 1 unspecified atom stereocenters. The highest BCUT2D eigenvalue weighted by Gasteiger charge is 2.43. The highest BCUT2D eigenvalue weighted by atomic mass is 16.5. The Labute approximate surface area is 118 Å². The summed E-state index contributed by atoms with van der Waals surface area (Å²) in [7, 11) is 0. The first-order valence-corrected chi connectivity index (χ1v) is 6.83. The summed E-state index contributed by atoms with van der Waals surface area (Å²) < 4.78 is 5.24. The molecule has 0 bridgehead atoms. The van der Waals surface area contributed by atoms with Crippen molar-refractivity contribution in [1.29, 1.82) is 0 Å². The minimum Gasteiger partial charge on any atom is -0.465 e. The molecule has 3 rings (SSSR count). The molecule has 0 amide bonds. The minimum absolute atomic E-state index is 0.00532. The van der Waals surface area contributed by atoms with Crippen molar-refractivity contribution < 1.29 is 9.53 Å². The van der Waals surface area contributed by atoms with E-state index in [1.54, 1.807) is 0 Å². The molecule has 1 aliphatic carbocycles. The van der Waals surface area contributed by atoms with E-state index in [4.69, 9.17) is 4.74 Å². The molecule has 3 heteroatoms. The number of benzene rings is 1. The van der Waals surface area contributed by atoms with E-state index in [1.165, 1.54) is 0 Å². The second-order valence-electron chi connectivity index (χ2n) is 4.79. The van der Waals surface area contributed by atoms with Gasteiger partial charge in [-0.2, -0.15) is 0 Å². The third-order valence-electron chi connectivity index (χ3n) is 3.55. The molecule has 2 atom stereocenters. The fourth-order valence-electron chi connectivity index (χ4n) is 2.66. The standard InChI is InChI=1S/C17H16NO2/c1-2-20-17(19)15-13-10-6-7-11-14(13)18-16(15)12-8-4-3-5-9-12/h3-11,13,15H,2H2,1H3/t13-,15?/m0/s1. The first kappa shape index (κ1) is 12.9. The molecule has 20 heavy (non-hydrogen) atoms. The van der Waals surface area contributed by atoms with Gasteiger partial charge in [-0.25, -0.2) is 0 Å². The Hall–Kier alpha value is -2.16. The van der Waals surface area contributed by atoms with Crippen molar-refractivity contribution in [2.75, 3.05) is 6.61 Å². The molecule has 1 heterocycles. The summed E-state index contributed by atoms with van der Waals surface area (Å²) in [6.45, 7) is 2.21. The molecule has 1 aromatic carbocycles. The van der Waals surface area contributed by atoms with E-state index in [-0.39, 0.29) is 17.8 Å². The molecule has 1 radical (unpaired) electrons. The Kier molecular flexibility index (Phi) is 3.50. The van der Waals surface area contributed by atoms with E-state index in [0.717, 1.165) is 17.3 Å². The van der Waals surface area contributed by atoms with Crippen LogP contribution in [0.25, 0.3) is 0 Å². The van der Waals surface area contributed by atoms with Gasteiger partial charge >= 0.3 is 5.97 Å². The van der Waals surface area contributed by atoms with E-state index in [1.807, 2.05) is 61.6 Å². The summed E-state index contributed by atoms with van der Waals surface area (Å²) in [4.78, 5) is 17.0. The lowest BCUT2D eigenvalue weighted by Crippen LogP contribution is -2.30. The maximum absolute atomic E-state index is 12.3. The Morgan fingerprint density at radius 1 is 1.25 bits per heavy atom. The minimum atomic E-state index is -0.339. The van der Waals surface area contributed by atoms with Gasteiger partial charge < -0.3 is 4.74 Å². The summed E-state index contributed by atoms with van der Waals surface area (Å²) in [6, 6.07) is 10.8. The van der Waals surface area contributed by atoms with Crippen LogP contribution in [-0.2, 0) is 9.53 Å². The second kappa shape index (κ2) is 5.45. The van der Waals surface area contributed by atoms with Gasteiger partial charge in [0.2, 0.25) is 0 Å². The zero-order chi connectivity index (χ0) is 13.9. The smallest absolute Gasteiger partial charge is 0.315 e. The zero-order valence-electron chi connectivity index (χ0n) is 11.3. The number of rotatable bonds is 3. The fourth-order valence-corrected chi connectivity index (χ4v) is 2.66. The number of carbonyl (C=O) groups excluding carboxylic acids is 1. The number of hydrogen-bond acceptors (Lipinski definition) is 3. The quantitative estimate of drug-likeness (QED) is 0.789. The second-order valence-corrected chi connectivity index (χ2v) is 4.79. The molecule has 1 aliphatic heterocycles. The number of nitrogens with zero attached hydrogens (tertiary/aromatic N) is 1. The van der Waals surface area contributed by atoms with Crippen molar-refractivity contribution in [2.45, 2.75) is 6.92 Å². The fraction of sp³-hybridized carbons (Fsp3) is 0.235. The monoisotopic (exact) mass is 266 g/mol. The van der Waals surface area contributed by atoms with E-state index in [9.17, 15) is 4.79 Å². The first-order valence-electron chi connectivity index (χ1n) is 6.83. The van der Waals surface area contributed by atoms with Gasteiger partial charge in [-0.05, 0) is 12.5 Å². The van der Waals surface area contributed by atoms with Crippen molar-refractivity contribution in [3.63, 3.8) is 0 Å². The van der Waals surface area contributed by atoms with E-state index in [2.05, 4.69) is 4.99 Å². The van der Waals surface area contributed by atoms with Crippen molar-refractivity contribution in [1.82, 2.24) is 0 Å². The van der Waals surface area contributed by atoms with Gasteiger partial charge in [0, 0.05) is 5.92 Å². The van der Waals surface area contributed by atoms with Crippen LogP contribution < -0.4 is 0 Å². The van der Waals surface area contributed by atoms with Gasteiger partial charge in [0.15, 0.2) is 0 Å². The van der Waals surface area contributed by atoms with Crippen LogP contribution in [0.15, 0.2) is 59.6 Å². The molecule has 2 aliphatic rings. The summed E-state index contributed by atoms with van der Waals surface area (Å²) in [6.07, 6.45) is 7.90. The van der Waals surface area contributed by atoms with Crippen LogP contribution in [0.5, 0.6) is 0 Å². The van der Waals surface area contributed by atoms with Crippen LogP contribution in [-0.4, -0.2) is 18.3 Å². The number of aliphatic imine (C=N–C) groups is 1. The van der Waals surface area contributed by atoms with Gasteiger partial charge in [0.1, 0.15) is 12.0 Å². The predicted octanol–water partition coefficient (Wildman–Crippen LogP) is 2.94. The maximum atomic E-state index is 12.3. The van der Waals surface area contributed by atoms with Gasteiger partial charge in [-0.1, -0.05) is 54.6 Å². The van der Waals surface area contributed by atoms with E-state index < -0.39 is 0 Å². The van der Waals surface area contributed by atoms with Gasteiger partial charge in [0.25, 0.3) is 0 Å². The Bertz CT molecular complexity index is 586. The number of carbonyl (C=O) groups is 1. The molecule has 0 spiro atoms. The van der Waals surface area contributed by atoms with Gasteiger partial charge in [-0.15, -0.1) is 0 Å². The molecule has 0 fully saturated rings. The molecule has 0 saturated heterocycles. The van der Waals surface area contributed by atoms with Crippen LogP contribution in [0.2, 0.25) is 0 Å². The van der Waals surface area contributed by atoms with Gasteiger partial charge in [0.05, 0.1) is 12.3 Å². The third kappa shape index (κ3) is 2.20. The van der Waals surface area contributed by atoms with Crippen LogP contribution in [0.4, 0.5) is 0 Å². The molecule has 1 aromatic rings. The lowest BCUT2D eigenvalue weighted by Gasteiger charge is -2.20. The first-order chi connectivity index (χ1) is 9.81. The summed E-state index contributed by atoms with van der Waals surface area (Å²) >= 11 is 0. The molecule has 0 aromatic heterocycles. The average Bonchev–Trinajstić information content (AvgIpc) is 2.88. The van der Waals surface area contributed by atoms with E-state index in [0.29, 0.717) is 6.61 Å². The van der Waals surface area contributed by atoms with Crippen molar-refractivity contribution in [3.05, 3.63) is 66.2 Å². The van der Waals surface area contributed by atoms with Crippen LogP contribution in [0.3, 0.4) is 0 Å². The zero-order valence-corrected chi connectivity index (χ0v) is 11.3. The summed E-state index contributed by atoms with van der Waals surface area (Å²) in [5.41, 5.74) is 1.79. The Morgan fingerprint density at radius 3 is 2.80 bits per heavy atom. The summed E-state index contributed by atoms with van der Waals surface area (Å²) in [5, 5.41) is 0. The number of fused-ring (bicyclic) bond motifs is 1. The van der Waals surface area contributed by atoms with E-state index >= 15 is 0 Å². The lowest BCUT2D eigenvalue weighted by molar-refractivity contribution is -0.146. The molecule has 101 valence electrons. The maximum Gasteiger partial charge on any atom is 0.315 e. The number of ether oxygens (including phenoxy) is 1. The highest BCUT2D eigenvalue weighted by Crippen LogP contribution is 2.39. The van der Waals surface area contributed by atoms with Crippen molar-refractivity contribution in [2.24, 2.45) is 16.8 Å². The number of esters is 1.